The first-order valence-electron chi connectivity index (χ1n) is 13.1. The number of benzene rings is 1. The van der Waals surface area contributed by atoms with Crippen LogP contribution in [0.1, 0.15) is 120 Å². The van der Waals surface area contributed by atoms with Crippen molar-refractivity contribution in [3.05, 3.63) is 47.3 Å². The minimum Gasteiger partial charge on any atom is -0.236 e. The molecule has 2 aromatic rings. The molecule has 0 saturated heterocycles. The highest BCUT2D eigenvalue weighted by Crippen LogP contribution is 2.39. The van der Waals surface area contributed by atoms with Gasteiger partial charge in [-0.2, -0.15) is 0 Å². The van der Waals surface area contributed by atoms with Crippen molar-refractivity contribution >= 4 is 0 Å². The molecule has 0 radical (unpaired) electrons. The number of aromatic nitrogens is 2. The maximum atomic E-state index is 4.68. The molecule has 3 rings (SSSR count). The largest absolute Gasteiger partial charge is 0.236 e. The van der Waals surface area contributed by atoms with Crippen molar-refractivity contribution in [3.8, 4) is 11.4 Å². The Morgan fingerprint density at radius 3 is 2.16 bits per heavy atom. The van der Waals surface area contributed by atoms with Gasteiger partial charge in [0.05, 0.1) is 0 Å². The number of hydrogen-bond donors (Lipinski definition) is 0. The highest BCUT2D eigenvalue weighted by atomic mass is 14.9. The Balaban J connectivity index is 1.52. The van der Waals surface area contributed by atoms with Crippen molar-refractivity contribution in [2.24, 2.45) is 5.92 Å². The molecule has 1 fully saturated rings. The van der Waals surface area contributed by atoms with Crippen LogP contribution >= 0.6 is 0 Å². The molecule has 0 atom stereocenters. The van der Waals surface area contributed by atoms with Crippen LogP contribution in [-0.4, -0.2) is 9.97 Å². The number of aryl methyl sites for hydroxylation is 2. The summed E-state index contributed by atoms with van der Waals surface area (Å²) in [6.45, 7) is 6.84. The fraction of sp³-hybridized carbons (Fsp3) is 0.655. The Morgan fingerprint density at radius 2 is 1.48 bits per heavy atom. The van der Waals surface area contributed by atoms with E-state index in [0.29, 0.717) is 0 Å². The van der Waals surface area contributed by atoms with Gasteiger partial charge in [-0.15, -0.1) is 0 Å². The molecule has 0 aliphatic heterocycles. The van der Waals surface area contributed by atoms with Crippen LogP contribution in [0.2, 0.25) is 0 Å². The van der Waals surface area contributed by atoms with Crippen LogP contribution in [0.5, 0.6) is 0 Å². The standard InChI is InChI=1S/C29H44N2/c1-4-6-8-9-11-13-25-21-30-29(31-22-25)27-18-19-28(23(3)20-27)26-16-14-24(15-17-26)12-10-7-5-2/h18-22,24,26H,4-17H2,1-3H3/t24-,26-. The van der Waals surface area contributed by atoms with Crippen LogP contribution in [0, 0.1) is 12.8 Å². The Labute approximate surface area is 191 Å². The summed E-state index contributed by atoms with van der Waals surface area (Å²) in [6.07, 6.45) is 22.9. The van der Waals surface area contributed by atoms with Crippen LogP contribution in [0.25, 0.3) is 11.4 Å². The van der Waals surface area contributed by atoms with Crippen molar-refractivity contribution < 1.29 is 0 Å². The second kappa shape index (κ2) is 13.0. The predicted octanol–water partition coefficient (Wildman–Crippen LogP) is 8.82. The average molecular weight is 421 g/mol. The maximum Gasteiger partial charge on any atom is 0.159 e. The third-order valence-electron chi connectivity index (χ3n) is 7.30. The molecule has 0 spiro atoms. The average Bonchev–Trinajstić information content (AvgIpc) is 2.80. The highest BCUT2D eigenvalue weighted by molar-refractivity contribution is 5.57. The maximum absolute atomic E-state index is 4.68. The summed E-state index contributed by atoms with van der Waals surface area (Å²) in [5, 5.41) is 0. The van der Waals surface area contributed by atoms with Gasteiger partial charge in [-0.25, -0.2) is 9.97 Å². The minimum atomic E-state index is 0.743. The molecular weight excluding hydrogens is 376 g/mol. The van der Waals surface area contributed by atoms with Crippen molar-refractivity contribution in [2.75, 3.05) is 0 Å². The van der Waals surface area contributed by atoms with E-state index in [1.54, 1.807) is 5.56 Å². The fourth-order valence-electron chi connectivity index (χ4n) is 5.28. The molecule has 1 aromatic carbocycles. The van der Waals surface area contributed by atoms with Gasteiger partial charge in [0.25, 0.3) is 0 Å². The Morgan fingerprint density at radius 1 is 0.806 bits per heavy atom. The van der Waals surface area contributed by atoms with Crippen molar-refractivity contribution in [3.63, 3.8) is 0 Å². The molecular formula is C29H44N2. The van der Waals surface area contributed by atoms with Crippen LogP contribution < -0.4 is 0 Å². The number of rotatable bonds is 12. The molecule has 2 nitrogen and oxygen atoms in total. The van der Waals surface area contributed by atoms with E-state index in [0.717, 1.165) is 29.6 Å². The summed E-state index contributed by atoms with van der Waals surface area (Å²) in [4.78, 5) is 9.36. The topological polar surface area (TPSA) is 25.8 Å². The van der Waals surface area contributed by atoms with Crippen LogP contribution in [-0.2, 0) is 6.42 Å². The monoisotopic (exact) mass is 420 g/mol. The SMILES string of the molecule is CCCCCCCc1cnc(-c2ccc([C@H]3CC[C@H](CCCCC)CC3)c(C)c2)nc1. The second-order valence-corrected chi connectivity index (χ2v) is 9.86. The van der Waals surface area contributed by atoms with E-state index in [4.69, 9.17) is 0 Å². The molecule has 0 unspecified atom stereocenters. The van der Waals surface area contributed by atoms with E-state index in [9.17, 15) is 0 Å². The molecule has 170 valence electrons. The molecule has 0 N–H and O–H groups in total. The summed E-state index contributed by atoms with van der Waals surface area (Å²) in [5.74, 6) is 2.58. The lowest BCUT2D eigenvalue weighted by atomic mass is 9.76. The van der Waals surface area contributed by atoms with Crippen LogP contribution in [0.15, 0.2) is 30.6 Å². The second-order valence-electron chi connectivity index (χ2n) is 9.86. The molecule has 1 saturated carbocycles. The van der Waals surface area contributed by atoms with Crippen molar-refractivity contribution in [2.45, 2.75) is 117 Å². The number of hydrogen-bond acceptors (Lipinski definition) is 2. The van der Waals surface area contributed by atoms with Gasteiger partial charge in [0.1, 0.15) is 0 Å². The van der Waals surface area contributed by atoms with Crippen LogP contribution in [0.3, 0.4) is 0 Å². The highest BCUT2D eigenvalue weighted by Gasteiger charge is 2.23. The van der Waals surface area contributed by atoms with Gasteiger partial charge in [0.2, 0.25) is 0 Å². The van der Waals surface area contributed by atoms with Gasteiger partial charge in [0.15, 0.2) is 5.82 Å². The van der Waals surface area contributed by atoms with Gasteiger partial charge in [-0.1, -0.05) is 77.3 Å². The molecule has 1 heterocycles. The van der Waals surface area contributed by atoms with E-state index in [1.807, 2.05) is 12.4 Å². The Hall–Kier alpha value is -1.70. The number of unbranched alkanes of at least 4 members (excludes halogenated alkanes) is 6. The zero-order valence-electron chi connectivity index (χ0n) is 20.3. The summed E-state index contributed by atoms with van der Waals surface area (Å²) >= 11 is 0. The van der Waals surface area contributed by atoms with Crippen molar-refractivity contribution in [1.82, 2.24) is 9.97 Å². The Kier molecular flexibility index (Phi) is 10.0. The molecule has 1 aromatic heterocycles. The van der Waals surface area contributed by atoms with Gasteiger partial charge < -0.3 is 0 Å². The van der Waals surface area contributed by atoms with Crippen LogP contribution in [0.4, 0.5) is 0 Å². The first-order valence-corrected chi connectivity index (χ1v) is 13.1. The molecule has 1 aliphatic rings. The third kappa shape index (κ3) is 7.44. The third-order valence-corrected chi connectivity index (χ3v) is 7.30. The lowest BCUT2D eigenvalue weighted by Crippen LogP contribution is -2.14. The lowest BCUT2D eigenvalue weighted by Gasteiger charge is -2.30. The fourth-order valence-corrected chi connectivity index (χ4v) is 5.28. The summed E-state index contributed by atoms with van der Waals surface area (Å²) in [7, 11) is 0. The van der Waals surface area contributed by atoms with Crippen molar-refractivity contribution in [1.29, 1.82) is 0 Å². The van der Waals surface area contributed by atoms with E-state index >= 15 is 0 Å². The quantitative estimate of drug-likeness (QED) is 0.320. The molecule has 0 bridgehead atoms. The smallest absolute Gasteiger partial charge is 0.159 e. The van der Waals surface area contributed by atoms with Gasteiger partial charge in [-0.3, -0.25) is 0 Å². The summed E-state index contributed by atoms with van der Waals surface area (Å²) in [5.41, 5.74) is 5.39. The molecule has 2 heteroatoms. The summed E-state index contributed by atoms with van der Waals surface area (Å²) < 4.78 is 0. The normalized spacial score (nSPS) is 18.9. The van der Waals surface area contributed by atoms with Gasteiger partial charge in [0, 0.05) is 18.0 Å². The first kappa shape index (κ1) is 24.0. The minimum absolute atomic E-state index is 0.743. The van der Waals surface area contributed by atoms with E-state index < -0.39 is 0 Å². The summed E-state index contributed by atoms with van der Waals surface area (Å²) in [6, 6.07) is 6.91. The number of nitrogens with zero attached hydrogens (tertiary/aromatic N) is 2. The predicted molar refractivity (Wildman–Crippen MR) is 134 cm³/mol. The van der Waals surface area contributed by atoms with E-state index in [2.05, 4.69) is 48.9 Å². The van der Waals surface area contributed by atoms with Gasteiger partial charge >= 0.3 is 0 Å². The lowest BCUT2D eigenvalue weighted by molar-refractivity contribution is 0.302. The van der Waals surface area contributed by atoms with E-state index in [-0.39, 0.29) is 0 Å². The molecule has 0 amide bonds. The first-order chi connectivity index (χ1) is 15.2. The molecule has 1 aliphatic carbocycles. The molecule has 31 heavy (non-hydrogen) atoms. The van der Waals surface area contributed by atoms with Gasteiger partial charge in [-0.05, 0) is 80.0 Å². The Bertz CT molecular complexity index is 757. The van der Waals surface area contributed by atoms with E-state index in [1.165, 1.54) is 94.6 Å². The zero-order valence-corrected chi connectivity index (χ0v) is 20.3. The zero-order chi connectivity index (χ0) is 21.9.